The Morgan fingerprint density at radius 2 is 2.05 bits per heavy atom. The van der Waals surface area contributed by atoms with Gasteiger partial charge in [0.15, 0.2) is 0 Å². The third kappa shape index (κ3) is 2.71. The molecule has 1 aromatic heterocycles. The second-order valence-corrected chi connectivity index (χ2v) is 7.24. The molecule has 0 bridgehead atoms. The van der Waals surface area contributed by atoms with E-state index in [9.17, 15) is 8.42 Å². The monoisotopic (exact) mass is 294 g/mol. The lowest BCUT2D eigenvalue weighted by Gasteiger charge is -2.07. The quantitative estimate of drug-likeness (QED) is 0.904. The van der Waals surface area contributed by atoms with E-state index in [1.807, 2.05) is 23.6 Å². The van der Waals surface area contributed by atoms with E-state index in [1.54, 1.807) is 23.5 Å². The summed E-state index contributed by atoms with van der Waals surface area (Å²) in [4.78, 5) is 1.35. The van der Waals surface area contributed by atoms with Crippen LogP contribution < -0.4 is 10.0 Å². The van der Waals surface area contributed by atoms with Gasteiger partial charge in [-0.1, -0.05) is 12.1 Å². The molecule has 0 atom stereocenters. The summed E-state index contributed by atoms with van der Waals surface area (Å²) < 4.78 is 27.0. The molecule has 0 radical (unpaired) electrons. The van der Waals surface area contributed by atoms with Crippen LogP contribution in [0.3, 0.4) is 0 Å². The van der Waals surface area contributed by atoms with E-state index < -0.39 is 10.0 Å². The Balaban J connectivity index is 1.80. The van der Waals surface area contributed by atoms with Crippen LogP contribution >= 0.6 is 11.3 Å². The molecule has 0 saturated heterocycles. The fraction of sp³-hybridized carbons (Fsp3) is 0.231. The van der Waals surface area contributed by atoms with Crippen LogP contribution in [-0.2, 0) is 29.7 Å². The fourth-order valence-corrected chi connectivity index (χ4v) is 3.89. The molecule has 4 nitrogen and oxygen atoms in total. The molecule has 100 valence electrons. The summed E-state index contributed by atoms with van der Waals surface area (Å²) in [5.74, 6) is 0. The van der Waals surface area contributed by atoms with E-state index in [2.05, 4.69) is 10.0 Å². The molecule has 0 spiro atoms. The van der Waals surface area contributed by atoms with E-state index in [0.29, 0.717) is 11.4 Å². The lowest BCUT2D eigenvalue weighted by atomic mass is 10.1. The minimum atomic E-state index is -3.43. The zero-order valence-electron chi connectivity index (χ0n) is 10.2. The summed E-state index contributed by atoms with van der Waals surface area (Å²) in [5.41, 5.74) is 2.25. The summed E-state index contributed by atoms with van der Waals surface area (Å²) in [6.45, 7) is 1.90. The van der Waals surface area contributed by atoms with Gasteiger partial charge in [-0.15, -0.1) is 11.3 Å². The van der Waals surface area contributed by atoms with Gasteiger partial charge in [-0.2, -0.15) is 0 Å². The largest absolute Gasteiger partial charge is 0.309 e. The fourth-order valence-electron chi connectivity index (χ4n) is 2.10. The Bertz CT molecular complexity index is 679. The molecule has 0 unspecified atom stereocenters. The highest BCUT2D eigenvalue weighted by Gasteiger charge is 2.17. The van der Waals surface area contributed by atoms with Gasteiger partial charge >= 0.3 is 0 Å². The van der Waals surface area contributed by atoms with Crippen LogP contribution in [0.5, 0.6) is 0 Å². The van der Waals surface area contributed by atoms with E-state index in [1.165, 1.54) is 5.56 Å². The molecule has 6 heteroatoms. The molecular formula is C13H14N2O2S2. The molecule has 0 saturated carbocycles. The summed E-state index contributed by atoms with van der Waals surface area (Å²) in [6.07, 6.45) is 0. The lowest BCUT2D eigenvalue weighted by molar-refractivity contribution is 0.581. The molecule has 3 rings (SSSR count). The molecule has 19 heavy (non-hydrogen) atoms. The van der Waals surface area contributed by atoms with Crippen molar-refractivity contribution in [2.75, 3.05) is 0 Å². The van der Waals surface area contributed by atoms with Crippen LogP contribution in [0.25, 0.3) is 0 Å². The minimum Gasteiger partial charge on any atom is -0.309 e. The van der Waals surface area contributed by atoms with Gasteiger partial charge in [0.05, 0.1) is 4.90 Å². The molecular weight excluding hydrogens is 280 g/mol. The van der Waals surface area contributed by atoms with Crippen LogP contribution in [0.4, 0.5) is 0 Å². The van der Waals surface area contributed by atoms with Gasteiger partial charge < -0.3 is 5.32 Å². The Morgan fingerprint density at radius 1 is 1.21 bits per heavy atom. The maximum Gasteiger partial charge on any atom is 0.240 e. The predicted molar refractivity (Wildman–Crippen MR) is 75.3 cm³/mol. The summed E-state index contributed by atoms with van der Waals surface area (Å²) in [5, 5.41) is 5.14. The molecule has 1 aromatic carbocycles. The zero-order valence-corrected chi connectivity index (χ0v) is 11.9. The number of nitrogens with one attached hydrogen (secondary N) is 2. The van der Waals surface area contributed by atoms with Crippen LogP contribution in [0.2, 0.25) is 0 Å². The van der Waals surface area contributed by atoms with Crippen LogP contribution in [0.15, 0.2) is 40.6 Å². The summed E-state index contributed by atoms with van der Waals surface area (Å²) in [6, 6.07) is 9.14. The van der Waals surface area contributed by atoms with Gasteiger partial charge in [-0.3, -0.25) is 0 Å². The topological polar surface area (TPSA) is 58.2 Å². The summed E-state index contributed by atoms with van der Waals surface area (Å²) >= 11 is 1.54. The van der Waals surface area contributed by atoms with E-state index in [-0.39, 0.29) is 0 Å². The molecule has 0 amide bonds. The number of hydrogen-bond acceptors (Lipinski definition) is 4. The molecule has 0 fully saturated rings. The number of fused-ring (bicyclic) bond motifs is 1. The zero-order chi connectivity index (χ0) is 13.3. The number of hydrogen-bond donors (Lipinski definition) is 2. The van der Waals surface area contributed by atoms with Gasteiger partial charge in [-0.25, -0.2) is 13.1 Å². The van der Waals surface area contributed by atoms with Crippen molar-refractivity contribution in [3.05, 3.63) is 51.7 Å². The van der Waals surface area contributed by atoms with Crippen molar-refractivity contribution in [3.8, 4) is 0 Å². The van der Waals surface area contributed by atoms with Crippen molar-refractivity contribution in [3.63, 3.8) is 0 Å². The number of benzene rings is 1. The van der Waals surface area contributed by atoms with Crippen molar-refractivity contribution in [1.82, 2.24) is 10.0 Å². The molecule has 2 aromatic rings. The van der Waals surface area contributed by atoms with Crippen molar-refractivity contribution >= 4 is 21.4 Å². The van der Waals surface area contributed by atoms with Crippen LogP contribution in [0, 0.1) is 0 Å². The van der Waals surface area contributed by atoms with Gasteiger partial charge in [0, 0.05) is 24.5 Å². The van der Waals surface area contributed by atoms with Crippen LogP contribution in [-0.4, -0.2) is 8.42 Å². The van der Waals surface area contributed by atoms with Crippen molar-refractivity contribution in [2.24, 2.45) is 0 Å². The third-order valence-electron chi connectivity index (χ3n) is 3.14. The third-order valence-corrected chi connectivity index (χ3v) is 5.41. The average molecular weight is 294 g/mol. The first-order chi connectivity index (χ1) is 9.15. The number of thiophene rings is 1. The molecule has 1 aliphatic heterocycles. The SMILES string of the molecule is O=S(=O)(NCc1cccs1)c1ccc2c(c1)CNC2. The highest BCUT2D eigenvalue weighted by atomic mass is 32.2. The highest BCUT2D eigenvalue weighted by molar-refractivity contribution is 7.89. The first-order valence-electron chi connectivity index (χ1n) is 6.00. The average Bonchev–Trinajstić information content (AvgIpc) is 3.06. The Morgan fingerprint density at radius 3 is 2.84 bits per heavy atom. The van der Waals surface area contributed by atoms with Gasteiger partial charge in [0.25, 0.3) is 0 Å². The lowest BCUT2D eigenvalue weighted by Crippen LogP contribution is -2.22. The smallest absolute Gasteiger partial charge is 0.240 e. The second kappa shape index (κ2) is 5.05. The van der Waals surface area contributed by atoms with Gasteiger partial charge in [0.2, 0.25) is 10.0 Å². The molecule has 1 aliphatic rings. The Hall–Kier alpha value is -1.21. The van der Waals surface area contributed by atoms with E-state index in [0.717, 1.165) is 23.5 Å². The second-order valence-electron chi connectivity index (χ2n) is 4.44. The van der Waals surface area contributed by atoms with E-state index in [4.69, 9.17) is 0 Å². The molecule has 0 aliphatic carbocycles. The Kier molecular flexibility index (Phi) is 3.40. The van der Waals surface area contributed by atoms with E-state index >= 15 is 0 Å². The van der Waals surface area contributed by atoms with Crippen molar-refractivity contribution in [2.45, 2.75) is 24.5 Å². The first kappa shape index (κ1) is 12.8. The number of sulfonamides is 1. The normalized spacial score (nSPS) is 14.5. The van der Waals surface area contributed by atoms with Crippen LogP contribution in [0.1, 0.15) is 16.0 Å². The van der Waals surface area contributed by atoms with Gasteiger partial charge in [0.1, 0.15) is 0 Å². The maximum absolute atomic E-state index is 12.2. The Labute approximate surface area is 116 Å². The maximum atomic E-state index is 12.2. The highest BCUT2D eigenvalue weighted by Crippen LogP contribution is 2.20. The van der Waals surface area contributed by atoms with Crippen molar-refractivity contribution < 1.29 is 8.42 Å². The molecule has 2 N–H and O–H groups in total. The minimum absolute atomic E-state index is 0.339. The molecule has 2 heterocycles. The number of rotatable bonds is 4. The predicted octanol–water partition coefficient (Wildman–Crippen LogP) is 1.83. The standard InChI is InChI=1S/C13H14N2O2S2/c16-19(17,15-9-12-2-1-5-18-12)13-4-3-10-7-14-8-11(10)6-13/h1-6,14-15H,7-9H2. The first-order valence-corrected chi connectivity index (χ1v) is 8.36. The van der Waals surface area contributed by atoms with Crippen molar-refractivity contribution in [1.29, 1.82) is 0 Å². The summed E-state index contributed by atoms with van der Waals surface area (Å²) in [7, 11) is -3.43. The van der Waals surface area contributed by atoms with Gasteiger partial charge in [-0.05, 0) is 34.7 Å².